The second kappa shape index (κ2) is 6.01. The molecule has 6 nitrogen and oxygen atoms in total. The van der Waals surface area contributed by atoms with E-state index in [0.29, 0.717) is 18.8 Å². The fraction of sp³-hybridized carbons (Fsp3) is 0.312. The Hall–Kier alpha value is -2.63. The van der Waals surface area contributed by atoms with Gasteiger partial charge in [0.15, 0.2) is 5.76 Å². The van der Waals surface area contributed by atoms with E-state index in [1.165, 1.54) is 6.26 Å². The predicted octanol–water partition coefficient (Wildman–Crippen LogP) is 2.23. The lowest BCUT2D eigenvalue weighted by atomic mass is 10.2. The molecule has 2 aromatic heterocycles. The highest BCUT2D eigenvalue weighted by Crippen LogP contribution is 2.21. The van der Waals surface area contributed by atoms with E-state index in [4.69, 9.17) is 4.42 Å². The highest BCUT2D eigenvalue weighted by Gasteiger charge is 2.35. The summed E-state index contributed by atoms with van der Waals surface area (Å²) < 4.78 is 5.13. The van der Waals surface area contributed by atoms with E-state index >= 15 is 0 Å². The van der Waals surface area contributed by atoms with Crippen LogP contribution in [0.25, 0.3) is 0 Å². The van der Waals surface area contributed by atoms with Crippen molar-refractivity contribution in [3.63, 3.8) is 0 Å². The molecule has 1 fully saturated rings. The molecule has 0 aliphatic carbocycles. The first-order chi connectivity index (χ1) is 10.6. The zero-order chi connectivity index (χ0) is 15.5. The van der Waals surface area contributed by atoms with Crippen LogP contribution in [0.2, 0.25) is 0 Å². The van der Waals surface area contributed by atoms with E-state index in [1.54, 1.807) is 29.3 Å². The van der Waals surface area contributed by atoms with Gasteiger partial charge in [0.1, 0.15) is 11.9 Å². The number of nitrogens with zero attached hydrogens (tertiary/aromatic N) is 2. The van der Waals surface area contributed by atoms with Crippen LogP contribution in [0, 0.1) is 6.92 Å². The van der Waals surface area contributed by atoms with Crippen molar-refractivity contribution in [2.45, 2.75) is 25.8 Å². The first kappa shape index (κ1) is 14.3. The second-order valence-corrected chi connectivity index (χ2v) is 5.34. The number of likely N-dealkylation sites (tertiary alicyclic amines) is 1. The van der Waals surface area contributed by atoms with Gasteiger partial charge in [0.05, 0.1) is 6.26 Å². The molecule has 0 bridgehead atoms. The van der Waals surface area contributed by atoms with Crippen LogP contribution in [-0.2, 0) is 4.79 Å². The van der Waals surface area contributed by atoms with Crippen molar-refractivity contribution < 1.29 is 14.0 Å². The first-order valence-corrected chi connectivity index (χ1v) is 7.23. The number of rotatable bonds is 3. The van der Waals surface area contributed by atoms with Crippen LogP contribution in [0.5, 0.6) is 0 Å². The summed E-state index contributed by atoms with van der Waals surface area (Å²) in [5, 5.41) is 2.77. The third-order valence-corrected chi connectivity index (χ3v) is 3.71. The number of carbonyl (C=O) groups excluding carboxylic acids is 2. The van der Waals surface area contributed by atoms with E-state index in [2.05, 4.69) is 10.3 Å². The number of hydrogen-bond acceptors (Lipinski definition) is 4. The molecule has 0 aromatic carbocycles. The van der Waals surface area contributed by atoms with Gasteiger partial charge in [-0.15, -0.1) is 0 Å². The smallest absolute Gasteiger partial charge is 0.290 e. The van der Waals surface area contributed by atoms with Gasteiger partial charge in [-0.25, -0.2) is 4.98 Å². The average molecular weight is 299 g/mol. The zero-order valence-corrected chi connectivity index (χ0v) is 12.3. The molecule has 1 N–H and O–H groups in total. The van der Waals surface area contributed by atoms with Gasteiger partial charge in [-0.05, 0) is 43.5 Å². The van der Waals surface area contributed by atoms with Crippen molar-refractivity contribution in [2.24, 2.45) is 0 Å². The van der Waals surface area contributed by atoms with Crippen LogP contribution < -0.4 is 5.32 Å². The zero-order valence-electron chi connectivity index (χ0n) is 12.3. The second-order valence-electron chi connectivity index (χ2n) is 5.34. The van der Waals surface area contributed by atoms with Crippen LogP contribution in [0.1, 0.15) is 29.0 Å². The van der Waals surface area contributed by atoms with Crippen molar-refractivity contribution >= 4 is 17.6 Å². The predicted molar refractivity (Wildman–Crippen MR) is 80.4 cm³/mol. The van der Waals surface area contributed by atoms with Crippen molar-refractivity contribution in [3.05, 3.63) is 48.0 Å². The number of amides is 2. The number of hydrogen-bond donors (Lipinski definition) is 1. The monoisotopic (exact) mass is 299 g/mol. The van der Waals surface area contributed by atoms with Crippen LogP contribution >= 0.6 is 0 Å². The van der Waals surface area contributed by atoms with Crippen LogP contribution in [-0.4, -0.2) is 34.3 Å². The standard InChI is InChI=1S/C16H17N3O3/c1-11-6-7-14(17-10-11)18-15(20)12-4-2-8-19(12)16(21)13-5-3-9-22-13/h3,5-7,9-10,12H,2,4,8H2,1H3,(H,17,18,20)/t12-/m0/s1. The SMILES string of the molecule is Cc1ccc(NC(=O)[C@@H]2CCCN2C(=O)c2ccco2)nc1. The van der Waals surface area contributed by atoms with Gasteiger partial charge in [-0.3, -0.25) is 9.59 Å². The Morgan fingerprint density at radius 1 is 1.36 bits per heavy atom. The molecule has 3 heterocycles. The number of nitrogens with one attached hydrogen (secondary N) is 1. The van der Waals surface area contributed by atoms with Crippen LogP contribution in [0.3, 0.4) is 0 Å². The number of furan rings is 1. The molecule has 0 radical (unpaired) electrons. The van der Waals surface area contributed by atoms with E-state index < -0.39 is 6.04 Å². The lowest BCUT2D eigenvalue weighted by Crippen LogP contribution is -2.43. The van der Waals surface area contributed by atoms with Crippen molar-refractivity contribution in [3.8, 4) is 0 Å². The molecule has 2 amide bonds. The third-order valence-electron chi connectivity index (χ3n) is 3.71. The van der Waals surface area contributed by atoms with Gasteiger partial charge in [-0.1, -0.05) is 6.07 Å². The Labute approximate surface area is 128 Å². The molecule has 2 aromatic rings. The molecule has 0 spiro atoms. The van der Waals surface area contributed by atoms with Crippen molar-refractivity contribution in [1.82, 2.24) is 9.88 Å². The van der Waals surface area contributed by atoms with Gasteiger partial charge in [0, 0.05) is 12.7 Å². The summed E-state index contributed by atoms with van der Waals surface area (Å²) in [6.07, 6.45) is 4.58. The lowest BCUT2D eigenvalue weighted by Gasteiger charge is -2.22. The molecule has 1 aliphatic heterocycles. The first-order valence-electron chi connectivity index (χ1n) is 7.23. The van der Waals surface area contributed by atoms with Crippen molar-refractivity contribution in [1.29, 1.82) is 0 Å². The molecule has 0 saturated carbocycles. The maximum atomic E-state index is 12.4. The highest BCUT2D eigenvalue weighted by atomic mass is 16.3. The summed E-state index contributed by atoms with van der Waals surface area (Å²) in [6.45, 7) is 2.48. The van der Waals surface area contributed by atoms with Gasteiger partial charge in [-0.2, -0.15) is 0 Å². The van der Waals surface area contributed by atoms with E-state index in [-0.39, 0.29) is 17.6 Å². The largest absolute Gasteiger partial charge is 0.459 e. The molecule has 6 heteroatoms. The number of carbonyl (C=O) groups is 2. The minimum atomic E-state index is -0.485. The Kier molecular flexibility index (Phi) is 3.91. The molecule has 0 unspecified atom stereocenters. The number of aryl methyl sites for hydroxylation is 1. The highest BCUT2D eigenvalue weighted by molar-refractivity contribution is 6.00. The maximum Gasteiger partial charge on any atom is 0.290 e. The Morgan fingerprint density at radius 2 is 2.23 bits per heavy atom. The summed E-state index contributed by atoms with van der Waals surface area (Å²) in [5.74, 6) is 0.286. The molecule has 1 aliphatic rings. The molecular formula is C16H17N3O3. The molecule has 22 heavy (non-hydrogen) atoms. The van der Waals surface area contributed by atoms with Gasteiger partial charge >= 0.3 is 0 Å². The molecule has 114 valence electrons. The Morgan fingerprint density at radius 3 is 2.91 bits per heavy atom. The number of anilines is 1. The lowest BCUT2D eigenvalue weighted by molar-refractivity contribution is -0.119. The Balaban J connectivity index is 1.71. The quantitative estimate of drug-likeness (QED) is 0.943. The molecule has 3 rings (SSSR count). The van der Waals surface area contributed by atoms with Gasteiger partial charge < -0.3 is 14.6 Å². The third kappa shape index (κ3) is 2.86. The summed E-state index contributed by atoms with van der Waals surface area (Å²) >= 11 is 0. The topological polar surface area (TPSA) is 75.4 Å². The number of aromatic nitrogens is 1. The fourth-order valence-corrected chi connectivity index (χ4v) is 2.58. The maximum absolute atomic E-state index is 12.4. The summed E-state index contributed by atoms with van der Waals surface area (Å²) in [7, 11) is 0. The summed E-state index contributed by atoms with van der Waals surface area (Å²) in [5.41, 5.74) is 1.02. The normalized spacial score (nSPS) is 17.5. The van der Waals surface area contributed by atoms with Crippen molar-refractivity contribution in [2.75, 3.05) is 11.9 Å². The van der Waals surface area contributed by atoms with Crippen LogP contribution in [0.4, 0.5) is 5.82 Å². The minimum absolute atomic E-state index is 0.214. The fourth-order valence-electron chi connectivity index (χ4n) is 2.58. The number of pyridine rings is 1. The van der Waals surface area contributed by atoms with Crippen LogP contribution in [0.15, 0.2) is 41.1 Å². The average Bonchev–Trinajstić information content (AvgIpc) is 3.20. The molecular weight excluding hydrogens is 282 g/mol. The van der Waals surface area contributed by atoms with E-state index in [9.17, 15) is 9.59 Å². The summed E-state index contributed by atoms with van der Waals surface area (Å²) in [4.78, 5) is 30.5. The van der Waals surface area contributed by atoms with E-state index in [0.717, 1.165) is 12.0 Å². The molecule has 1 atom stereocenters. The minimum Gasteiger partial charge on any atom is -0.459 e. The van der Waals surface area contributed by atoms with E-state index in [1.807, 2.05) is 13.0 Å². The summed E-state index contributed by atoms with van der Waals surface area (Å²) in [6, 6.07) is 6.41. The van der Waals surface area contributed by atoms with Gasteiger partial charge in [0.2, 0.25) is 5.91 Å². The Bertz CT molecular complexity index is 664. The molecule has 1 saturated heterocycles. The van der Waals surface area contributed by atoms with Gasteiger partial charge in [0.25, 0.3) is 5.91 Å².